The highest BCUT2D eigenvalue weighted by molar-refractivity contribution is 5.20. The van der Waals surface area contributed by atoms with Gasteiger partial charge in [-0.2, -0.15) is 0 Å². The summed E-state index contributed by atoms with van der Waals surface area (Å²) in [6.07, 6.45) is -1.04. The quantitative estimate of drug-likeness (QED) is 0.758. The summed E-state index contributed by atoms with van der Waals surface area (Å²) in [5.41, 5.74) is 0.162. The summed E-state index contributed by atoms with van der Waals surface area (Å²) in [5, 5.41) is 9.57. The molecule has 0 fully saturated rings. The van der Waals surface area contributed by atoms with Crippen molar-refractivity contribution in [3.8, 4) is 0 Å². The first-order chi connectivity index (χ1) is 7.63. The van der Waals surface area contributed by atoms with Crippen molar-refractivity contribution in [1.29, 1.82) is 0 Å². The molecule has 1 unspecified atom stereocenters. The summed E-state index contributed by atoms with van der Waals surface area (Å²) < 4.78 is 35.4. The summed E-state index contributed by atoms with van der Waals surface area (Å²) in [4.78, 5) is 0. The topological polar surface area (TPSA) is 38.7 Å². The van der Waals surface area contributed by atoms with E-state index in [0.717, 1.165) is 18.2 Å². The Morgan fingerprint density at radius 3 is 2.38 bits per heavy atom. The second-order valence-electron chi connectivity index (χ2n) is 3.29. The van der Waals surface area contributed by atoms with Crippen LogP contribution in [-0.4, -0.2) is 32.0 Å². The number of ether oxygens (including phenoxy) is 2. The summed E-state index contributed by atoms with van der Waals surface area (Å²) in [5.74, 6) is -1.43. The van der Waals surface area contributed by atoms with Gasteiger partial charge in [0.05, 0.1) is 19.8 Å². The zero-order chi connectivity index (χ0) is 12.0. The largest absolute Gasteiger partial charge is 0.386 e. The van der Waals surface area contributed by atoms with E-state index in [9.17, 15) is 13.9 Å². The first-order valence-electron chi connectivity index (χ1n) is 4.84. The number of hydrogen-bond acceptors (Lipinski definition) is 3. The molecule has 0 saturated carbocycles. The number of aliphatic hydroxyl groups excluding tert-OH is 1. The minimum atomic E-state index is -1.04. The monoisotopic (exact) mass is 232 g/mol. The number of aliphatic hydroxyl groups is 1. The minimum Gasteiger partial charge on any atom is -0.386 e. The number of halogens is 2. The molecule has 16 heavy (non-hydrogen) atoms. The molecule has 0 aliphatic carbocycles. The lowest BCUT2D eigenvalue weighted by Crippen LogP contribution is -2.11. The Labute approximate surface area is 92.6 Å². The molecule has 1 rings (SSSR count). The van der Waals surface area contributed by atoms with Crippen LogP contribution in [0.3, 0.4) is 0 Å². The lowest BCUT2D eigenvalue weighted by Gasteiger charge is -2.11. The summed E-state index contributed by atoms with van der Waals surface area (Å²) in [7, 11) is 1.53. The van der Waals surface area contributed by atoms with Crippen molar-refractivity contribution in [3.63, 3.8) is 0 Å². The van der Waals surface area contributed by atoms with E-state index in [1.165, 1.54) is 7.11 Å². The Bertz CT molecular complexity index is 311. The lowest BCUT2D eigenvalue weighted by atomic mass is 10.1. The van der Waals surface area contributed by atoms with Crippen molar-refractivity contribution in [3.05, 3.63) is 35.4 Å². The number of methoxy groups -OCH3 is 1. The maximum absolute atomic E-state index is 12.8. The van der Waals surface area contributed by atoms with Crippen molar-refractivity contribution in [1.82, 2.24) is 0 Å². The van der Waals surface area contributed by atoms with Gasteiger partial charge in [-0.1, -0.05) is 0 Å². The van der Waals surface area contributed by atoms with Crippen molar-refractivity contribution < 1.29 is 23.4 Å². The minimum absolute atomic E-state index is 0.0216. The van der Waals surface area contributed by atoms with Gasteiger partial charge in [0.25, 0.3) is 0 Å². The van der Waals surface area contributed by atoms with E-state index >= 15 is 0 Å². The predicted octanol–water partition coefficient (Wildman–Crippen LogP) is 1.66. The van der Waals surface area contributed by atoms with E-state index in [1.807, 2.05) is 0 Å². The Kier molecular flexibility index (Phi) is 5.31. The highest BCUT2D eigenvalue weighted by atomic mass is 19.1. The van der Waals surface area contributed by atoms with Gasteiger partial charge in [-0.05, 0) is 17.7 Å². The average molecular weight is 232 g/mol. The van der Waals surface area contributed by atoms with Crippen LogP contribution in [0.1, 0.15) is 11.7 Å². The van der Waals surface area contributed by atoms with Gasteiger partial charge in [-0.25, -0.2) is 8.78 Å². The zero-order valence-corrected chi connectivity index (χ0v) is 8.95. The maximum atomic E-state index is 12.8. The number of hydrogen-bond donors (Lipinski definition) is 1. The predicted molar refractivity (Wildman–Crippen MR) is 54.0 cm³/mol. The normalized spacial score (nSPS) is 12.8. The van der Waals surface area contributed by atoms with Gasteiger partial charge in [-0.3, -0.25) is 0 Å². The van der Waals surface area contributed by atoms with Gasteiger partial charge < -0.3 is 14.6 Å². The SMILES string of the molecule is COCCOCC(O)c1cc(F)cc(F)c1. The van der Waals surface area contributed by atoms with Gasteiger partial charge in [-0.15, -0.1) is 0 Å². The highest BCUT2D eigenvalue weighted by Crippen LogP contribution is 2.16. The van der Waals surface area contributed by atoms with E-state index in [0.29, 0.717) is 13.2 Å². The Morgan fingerprint density at radius 2 is 1.81 bits per heavy atom. The first kappa shape index (κ1) is 13.0. The van der Waals surface area contributed by atoms with Crippen LogP contribution in [0.25, 0.3) is 0 Å². The molecule has 0 amide bonds. The summed E-state index contributed by atoms with van der Waals surface area (Å²) >= 11 is 0. The van der Waals surface area contributed by atoms with Crippen LogP contribution < -0.4 is 0 Å². The molecule has 0 aliphatic rings. The number of rotatable bonds is 6. The average Bonchev–Trinajstić information content (AvgIpc) is 2.22. The highest BCUT2D eigenvalue weighted by Gasteiger charge is 2.10. The van der Waals surface area contributed by atoms with Crippen LogP contribution in [0.15, 0.2) is 18.2 Å². The molecule has 5 heteroatoms. The van der Waals surface area contributed by atoms with Crippen molar-refractivity contribution >= 4 is 0 Å². The molecule has 0 heterocycles. The van der Waals surface area contributed by atoms with Crippen LogP contribution >= 0.6 is 0 Å². The lowest BCUT2D eigenvalue weighted by molar-refractivity contribution is 0.0124. The molecule has 3 nitrogen and oxygen atoms in total. The summed E-state index contributed by atoms with van der Waals surface area (Å²) in [6.45, 7) is 0.710. The molecule has 1 atom stereocenters. The molecule has 1 N–H and O–H groups in total. The fourth-order valence-corrected chi connectivity index (χ4v) is 1.20. The van der Waals surface area contributed by atoms with Gasteiger partial charge in [0.2, 0.25) is 0 Å². The van der Waals surface area contributed by atoms with Crippen molar-refractivity contribution in [2.75, 3.05) is 26.9 Å². The zero-order valence-electron chi connectivity index (χ0n) is 8.95. The first-order valence-corrected chi connectivity index (χ1v) is 4.84. The van der Waals surface area contributed by atoms with E-state index in [-0.39, 0.29) is 12.2 Å². The van der Waals surface area contributed by atoms with E-state index in [4.69, 9.17) is 9.47 Å². The molecule has 1 aromatic rings. The van der Waals surface area contributed by atoms with E-state index in [2.05, 4.69) is 0 Å². The third-order valence-corrected chi connectivity index (χ3v) is 1.98. The molecular formula is C11H14F2O3. The van der Waals surface area contributed by atoms with Crippen molar-refractivity contribution in [2.24, 2.45) is 0 Å². The molecule has 90 valence electrons. The van der Waals surface area contributed by atoms with Crippen molar-refractivity contribution in [2.45, 2.75) is 6.10 Å². The van der Waals surface area contributed by atoms with E-state index < -0.39 is 17.7 Å². The molecule has 1 aromatic carbocycles. The van der Waals surface area contributed by atoms with Crippen LogP contribution in [0.2, 0.25) is 0 Å². The van der Waals surface area contributed by atoms with Crippen LogP contribution in [0.5, 0.6) is 0 Å². The van der Waals surface area contributed by atoms with Gasteiger partial charge in [0, 0.05) is 13.2 Å². The molecular weight excluding hydrogens is 218 g/mol. The smallest absolute Gasteiger partial charge is 0.126 e. The third-order valence-electron chi connectivity index (χ3n) is 1.98. The Hall–Kier alpha value is -1.04. The van der Waals surface area contributed by atoms with Crippen LogP contribution in [0.4, 0.5) is 8.78 Å². The maximum Gasteiger partial charge on any atom is 0.126 e. The second-order valence-corrected chi connectivity index (χ2v) is 3.29. The van der Waals surface area contributed by atoms with E-state index in [1.54, 1.807) is 0 Å². The Balaban J connectivity index is 2.48. The molecule has 0 bridgehead atoms. The van der Waals surface area contributed by atoms with Gasteiger partial charge >= 0.3 is 0 Å². The van der Waals surface area contributed by atoms with Crippen LogP contribution in [0, 0.1) is 11.6 Å². The molecule has 0 radical (unpaired) electrons. The Morgan fingerprint density at radius 1 is 1.19 bits per heavy atom. The number of benzene rings is 1. The fourth-order valence-electron chi connectivity index (χ4n) is 1.20. The standard InChI is InChI=1S/C11H14F2O3/c1-15-2-3-16-7-11(14)8-4-9(12)6-10(13)5-8/h4-6,11,14H,2-3,7H2,1H3. The third kappa shape index (κ3) is 4.22. The molecule has 0 aliphatic heterocycles. The fraction of sp³-hybridized carbons (Fsp3) is 0.455. The molecule has 0 spiro atoms. The van der Waals surface area contributed by atoms with Gasteiger partial charge in [0.1, 0.15) is 17.7 Å². The van der Waals surface area contributed by atoms with Gasteiger partial charge in [0.15, 0.2) is 0 Å². The second kappa shape index (κ2) is 6.52. The molecule has 0 aromatic heterocycles. The van der Waals surface area contributed by atoms with Crippen LogP contribution in [-0.2, 0) is 9.47 Å². The molecule has 0 saturated heterocycles. The summed E-state index contributed by atoms with van der Waals surface area (Å²) in [6, 6.07) is 2.91.